The van der Waals surface area contributed by atoms with Gasteiger partial charge in [0.1, 0.15) is 0 Å². The van der Waals surface area contributed by atoms with Crippen molar-refractivity contribution in [3.8, 4) is 0 Å². The maximum Gasteiger partial charge on any atom is 0.0187 e. The molecule has 1 saturated carbocycles. The van der Waals surface area contributed by atoms with Gasteiger partial charge in [-0.1, -0.05) is 37.1 Å². The summed E-state index contributed by atoms with van der Waals surface area (Å²) in [5, 5.41) is 3.61. The lowest BCUT2D eigenvalue weighted by molar-refractivity contribution is 0.500. The van der Waals surface area contributed by atoms with Crippen LogP contribution >= 0.6 is 11.8 Å². The van der Waals surface area contributed by atoms with E-state index in [1.54, 1.807) is 0 Å². The van der Waals surface area contributed by atoms with Crippen LogP contribution in [0.3, 0.4) is 0 Å². The highest BCUT2D eigenvalue weighted by atomic mass is 32.2. The third kappa shape index (κ3) is 4.66. The summed E-state index contributed by atoms with van der Waals surface area (Å²) in [6.45, 7) is 4.60. The minimum absolute atomic E-state index is 0.964. The number of aryl methyl sites for hydroxylation is 1. The fourth-order valence-corrected chi connectivity index (χ4v) is 3.60. The molecule has 0 spiro atoms. The van der Waals surface area contributed by atoms with Gasteiger partial charge in [-0.05, 0) is 43.4 Å². The van der Waals surface area contributed by atoms with E-state index < -0.39 is 0 Å². The first-order valence-electron chi connectivity index (χ1n) is 7.19. The minimum Gasteiger partial charge on any atom is -0.316 e. The van der Waals surface area contributed by atoms with Crippen molar-refractivity contribution in [3.63, 3.8) is 0 Å². The lowest BCUT2D eigenvalue weighted by atomic mass is 10.1. The van der Waals surface area contributed by atoms with Crippen molar-refractivity contribution in [2.45, 2.75) is 38.4 Å². The summed E-state index contributed by atoms with van der Waals surface area (Å²) in [7, 11) is 0. The van der Waals surface area contributed by atoms with Gasteiger partial charge < -0.3 is 5.32 Å². The predicted molar refractivity (Wildman–Crippen MR) is 82.2 cm³/mol. The van der Waals surface area contributed by atoms with E-state index in [-0.39, 0.29) is 0 Å². The first kappa shape index (κ1) is 14.0. The molecule has 18 heavy (non-hydrogen) atoms. The molecular weight excluding hydrogens is 238 g/mol. The lowest BCUT2D eigenvalue weighted by Gasteiger charge is -2.10. The predicted octanol–water partition coefficient (Wildman–Crippen LogP) is 4.01. The average Bonchev–Trinajstić information content (AvgIpc) is 2.89. The molecule has 1 N–H and O–H groups in total. The number of benzene rings is 1. The molecule has 0 unspecified atom stereocenters. The van der Waals surface area contributed by atoms with Gasteiger partial charge in [0.25, 0.3) is 0 Å². The zero-order valence-electron chi connectivity index (χ0n) is 11.5. The van der Waals surface area contributed by atoms with E-state index in [2.05, 4.69) is 36.5 Å². The highest BCUT2D eigenvalue weighted by Crippen LogP contribution is 2.23. The summed E-state index contributed by atoms with van der Waals surface area (Å²) in [5.74, 6) is 3.34. The Hall–Kier alpha value is -0.470. The normalized spacial score (nSPS) is 16.3. The molecule has 0 aliphatic heterocycles. The second kappa shape index (κ2) is 7.85. The van der Waals surface area contributed by atoms with Crippen molar-refractivity contribution in [3.05, 3.63) is 35.4 Å². The third-order valence-corrected chi connectivity index (χ3v) is 4.86. The van der Waals surface area contributed by atoms with Crippen LogP contribution in [0.15, 0.2) is 24.3 Å². The smallest absolute Gasteiger partial charge is 0.0187 e. The molecule has 1 aromatic rings. The van der Waals surface area contributed by atoms with Crippen LogP contribution in [0.25, 0.3) is 0 Å². The van der Waals surface area contributed by atoms with Crippen LogP contribution in [0.4, 0.5) is 0 Å². The van der Waals surface area contributed by atoms with Gasteiger partial charge in [-0.15, -0.1) is 0 Å². The van der Waals surface area contributed by atoms with E-state index in [1.807, 2.05) is 11.8 Å². The van der Waals surface area contributed by atoms with Gasteiger partial charge in [-0.2, -0.15) is 11.8 Å². The van der Waals surface area contributed by atoms with Crippen molar-refractivity contribution < 1.29 is 0 Å². The highest BCUT2D eigenvalue weighted by molar-refractivity contribution is 7.98. The zero-order chi connectivity index (χ0) is 12.6. The lowest BCUT2D eigenvalue weighted by Crippen LogP contribution is -2.23. The molecule has 1 aliphatic rings. The van der Waals surface area contributed by atoms with Gasteiger partial charge in [0, 0.05) is 18.1 Å². The second-order valence-electron chi connectivity index (χ2n) is 5.33. The van der Waals surface area contributed by atoms with Gasteiger partial charge in [-0.25, -0.2) is 0 Å². The standard InChI is InChI=1S/C16H25NS/c1-14-6-2-5-9-16(14)13-18-11-10-17-12-15-7-3-4-8-15/h2,5-6,9,15,17H,3-4,7-8,10-13H2,1H3. The van der Waals surface area contributed by atoms with Crippen LogP contribution in [0, 0.1) is 12.8 Å². The largest absolute Gasteiger partial charge is 0.316 e. The van der Waals surface area contributed by atoms with E-state index in [4.69, 9.17) is 0 Å². The van der Waals surface area contributed by atoms with Gasteiger partial charge in [0.15, 0.2) is 0 Å². The molecule has 1 aliphatic carbocycles. The molecule has 0 bridgehead atoms. The second-order valence-corrected chi connectivity index (χ2v) is 6.44. The molecule has 0 saturated heterocycles. The molecule has 2 rings (SSSR count). The van der Waals surface area contributed by atoms with E-state index in [9.17, 15) is 0 Å². The fourth-order valence-electron chi connectivity index (χ4n) is 2.62. The molecule has 0 radical (unpaired) electrons. The van der Waals surface area contributed by atoms with Crippen molar-refractivity contribution in [1.29, 1.82) is 0 Å². The molecule has 2 heteroatoms. The van der Waals surface area contributed by atoms with Gasteiger partial charge in [0.05, 0.1) is 0 Å². The highest BCUT2D eigenvalue weighted by Gasteiger charge is 2.13. The fraction of sp³-hybridized carbons (Fsp3) is 0.625. The van der Waals surface area contributed by atoms with Crippen molar-refractivity contribution in [2.75, 3.05) is 18.8 Å². The molecule has 100 valence electrons. The summed E-state index contributed by atoms with van der Waals surface area (Å²) >= 11 is 2.04. The number of rotatable bonds is 7. The molecule has 0 heterocycles. The van der Waals surface area contributed by atoms with E-state index in [1.165, 1.54) is 49.1 Å². The van der Waals surface area contributed by atoms with Crippen LogP contribution in [0.5, 0.6) is 0 Å². The van der Waals surface area contributed by atoms with Crippen LogP contribution < -0.4 is 5.32 Å². The van der Waals surface area contributed by atoms with Crippen molar-refractivity contribution in [2.24, 2.45) is 5.92 Å². The minimum atomic E-state index is 0.964. The monoisotopic (exact) mass is 263 g/mol. The summed E-state index contributed by atoms with van der Waals surface area (Å²) in [4.78, 5) is 0. The summed E-state index contributed by atoms with van der Waals surface area (Å²) in [5.41, 5.74) is 2.90. The Kier molecular flexibility index (Phi) is 6.09. The number of hydrogen-bond donors (Lipinski definition) is 1. The molecule has 1 fully saturated rings. The SMILES string of the molecule is Cc1ccccc1CSCCNCC1CCCC1. The molecular formula is C16H25NS. The summed E-state index contributed by atoms with van der Waals surface area (Å²) in [6, 6.07) is 8.70. The van der Waals surface area contributed by atoms with E-state index >= 15 is 0 Å². The molecule has 0 atom stereocenters. The number of thioether (sulfide) groups is 1. The Balaban J connectivity index is 1.52. The Morgan fingerprint density at radius 2 is 2.00 bits per heavy atom. The quantitative estimate of drug-likeness (QED) is 0.746. The molecule has 0 amide bonds. The number of nitrogens with one attached hydrogen (secondary N) is 1. The maximum atomic E-state index is 3.61. The van der Waals surface area contributed by atoms with Gasteiger partial charge in [-0.3, -0.25) is 0 Å². The van der Waals surface area contributed by atoms with E-state index in [0.717, 1.165) is 18.2 Å². The van der Waals surface area contributed by atoms with Crippen molar-refractivity contribution in [1.82, 2.24) is 5.32 Å². The van der Waals surface area contributed by atoms with Crippen molar-refractivity contribution >= 4 is 11.8 Å². The van der Waals surface area contributed by atoms with Crippen LogP contribution in [-0.2, 0) is 5.75 Å². The molecule has 0 aromatic heterocycles. The number of hydrogen-bond acceptors (Lipinski definition) is 2. The Bertz CT molecular complexity index is 345. The Labute approximate surface area is 116 Å². The van der Waals surface area contributed by atoms with Crippen LogP contribution in [0.2, 0.25) is 0 Å². The van der Waals surface area contributed by atoms with Gasteiger partial charge in [0.2, 0.25) is 0 Å². The van der Waals surface area contributed by atoms with Gasteiger partial charge >= 0.3 is 0 Å². The Morgan fingerprint density at radius 3 is 2.78 bits per heavy atom. The first-order chi connectivity index (χ1) is 8.86. The molecule has 1 aromatic carbocycles. The van der Waals surface area contributed by atoms with E-state index in [0.29, 0.717) is 0 Å². The topological polar surface area (TPSA) is 12.0 Å². The van der Waals surface area contributed by atoms with Crippen LogP contribution in [0.1, 0.15) is 36.8 Å². The maximum absolute atomic E-state index is 3.61. The third-order valence-electron chi connectivity index (χ3n) is 3.85. The zero-order valence-corrected chi connectivity index (χ0v) is 12.3. The summed E-state index contributed by atoms with van der Waals surface area (Å²) in [6.07, 6.45) is 5.80. The molecule has 1 nitrogen and oxygen atoms in total. The first-order valence-corrected chi connectivity index (χ1v) is 8.34. The average molecular weight is 263 g/mol. The van der Waals surface area contributed by atoms with Crippen LogP contribution in [-0.4, -0.2) is 18.8 Å². The Morgan fingerprint density at radius 1 is 1.22 bits per heavy atom. The summed E-state index contributed by atoms with van der Waals surface area (Å²) < 4.78 is 0.